The zero-order chi connectivity index (χ0) is 16.0. The van der Waals surface area contributed by atoms with Crippen molar-refractivity contribution in [3.8, 4) is 0 Å². The van der Waals surface area contributed by atoms with Crippen molar-refractivity contribution < 1.29 is 4.79 Å². The molecule has 2 N–H and O–H groups in total. The highest BCUT2D eigenvalue weighted by molar-refractivity contribution is 5.92. The number of amides is 1. The molecule has 1 aliphatic heterocycles. The Morgan fingerprint density at radius 2 is 2.26 bits per heavy atom. The fourth-order valence-electron chi connectivity index (χ4n) is 3.07. The van der Waals surface area contributed by atoms with E-state index in [1.54, 1.807) is 12.4 Å². The Kier molecular flexibility index (Phi) is 3.03. The Morgan fingerprint density at radius 3 is 3.04 bits per heavy atom. The number of nitrogens with two attached hydrogens (primary N) is 1. The van der Waals surface area contributed by atoms with E-state index in [0.29, 0.717) is 5.56 Å². The Morgan fingerprint density at radius 1 is 1.39 bits per heavy atom. The van der Waals surface area contributed by atoms with Gasteiger partial charge in [-0.3, -0.25) is 9.48 Å². The maximum Gasteiger partial charge on any atom is 0.251 e. The monoisotopic (exact) mass is 311 g/mol. The zero-order valence-corrected chi connectivity index (χ0v) is 12.8. The summed E-state index contributed by atoms with van der Waals surface area (Å²) >= 11 is 0. The first kappa shape index (κ1) is 13.7. The molecule has 23 heavy (non-hydrogen) atoms. The fraction of sp³-hybridized carbons (Fsp3) is 0.333. The second kappa shape index (κ2) is 5.08. The van der Waals surface area contributed by atoms with Gasteiger partial charge in [-0.1, -0.05) is 0 Å². The number of anilines is 1. The van der Waals surface area contributed by atoms with Crippen molar-refractivity contribution in [2.45, 2.75) is 19.4 Å². The van der Waals surface area contributed by atoms with Crippen molar-refractivity contribution in [2.75, 3.05) is 18.0 Å². The van der Waals surface area contributed by atoms with Crippen LogP contribution in [0.3, 0.4) is 0 Å². The lowest BCUT2D eigenvalue weighted by atomic mass is 10.3. The average Bonchev–Trinajstić information content (AvgIpc) is 3.25. The van der Waals surface area contributed by atoms with Gasteiger partial charge < -0.3 is 10.6 Å². The lowest BCUT2D eigenvalue weighted by Gasteiger charge is -2.20. The van der Waals surface area contributed by atoms with E-state index < -0.39 is 5.91 Å². The van der Waals surface area contributed by atoms with E-state index in [0.717, 1.165) is 36.7 Å². The number of primary amides is 1. The van der Waals surface area contributed by atoms with Gasteiger partial charge in [-0.15, -0.1) is 0 Å². The molecular weight excluding hydrogens is 294 g/mol. The van der Waals surface area contributed by atoms with Crippen molar-refractivity contribution in [1.82, 2.24) is 24.4 Å². The molecule has 1 atom stereocenters. The number of fused-ring (bicyclic) bond motifs is 1. The third-order valence-corrected chi connectivity index (χ3v) is 4.22. The number of aromatic nitrogens is 5. The van der Waals surface area contributed by atoms with Gasteiger partial charge in [0.1, 0.15) is 5.82 Å². The highest BCUT2D eigenvalue weighted by Crippen LogP contribution is 2.27. The van der Waals surface area contributed by atoms with Crippen molar-refractivity contribution in [3.63, 3.8) is 0 Å². The van der Waals surface area contributed by atoms with Gasteiger partial charge in [-0.25, -0.2) is 4.98 Å². The molecule has 0 spiro atoms. The Hall–Kier alpha value is -2.90. The molecule has 1 amide bonds. The molecule has 0 aliphatic carbocycles. The number of hydrogen-bond acceptors (Lipinski definition) is 5. The highest BCUT2D eigenvalue weighted by Gasteiger charge is 2.27. The minimum Gasteiger partial charge on any atom is -0.366 e. The lowest BCUT2D eigenvalue weighted by molar-refractivity contribution is 0.1000. The minimum absolute atomic E-state index is 0.210. The third kappa shape index (κ3) is 2.32. The molecule has 8 nitrogen and oxygen atoms in total. The molecule has 0 bridgehead atoms. The summed E-state index contributed by atoms with van der Waals surface area (Å²) in [5.41, 5.74) is 7.54. The summed E-state index contributed by atoms with van der Waals surface area (Å²) in [6, 6.07) is 4.15. The first-order valence-corrected chi connectivity index (χ1v) is 7.52. The highest BCUT2D eigenvalue weighted by atomic mass is 16.1. The first-order chi connectivity index (χ1) is 11.1. The van der Waals surface area contributed by atoms with E-state index in [1.165, 1.54) is 6.20 Å². The number of carbonyl (C=O) groups is 1. The van der Waals surface area contributed by atoms with Gasteiger partial charge in [0.2, 0.25) is 0 Å². The summed E-state index contributed by atoms with van der Waals surface area (Å²) in [5.74, 6) is 0.580. The minimum atomic E-state index is -0.450. The van der Waals surface area contributed by atoms with E-state index in [2.05, 4.69) is 20.1 Å². The van der Waals surface area contributed by atoms with Crippen molar-refractivity contribution in [2.24, 2.45) is 5.73 Å². The van der Waals surface area contributed by atoms with Gasteiger partial charge in [-0.05, 0) is 13.3 Å². The van der Waals surface area contributed by atoms with Crippen molar-refractivity contribution in [3.05, 3.63) is 42.0 Å². The zero-order valence-electron chi connectivity index (χ0n) is 12.8. The van der Waals surface area contributed by atoms with Crippen LogP contribution in [0.15, 0.2) is 30.7 Å². The van der Waals surface area contributed by atoms with Crippen LogP contribution in [-0.4, -0.2) is 43.4 Å². The predicted molar refractivity (Wildman–Crippen MR) is 84.3 cm³/mol. The van der Waals surface area contributed by atoms with Crippen molar-refractivity contribution >= 4 is 17.4 Å². The molecule has 0 saturated carbocycles. The topological polar surface area (TPSA) is 94.3 Å². The van der Waals surface area contributed by atoms with Crippen LogP contribution >= 0.6 is 0 Å². The normalized spacial score (nSPS) is 18.0. The van der Waals surface area contributed by atoms with E-state index in [1.807, 2.05) is 28.3 Å². The van der Waals surface area contributed by atoms with Gasteiger partial charge in [0.15, 0.2) is 5.65 Å². The molecule has 3 aromatic heterocycles. The van der Waals surface area contributed by atoms with Gasteiger partial charge in [0.25, 0.3) is 5.91 Å². The van der Waals surface area contributed by atoms with Gasteiger partial charge in [0, 0.05) is 37.1 Å². The standard InChI is InChI=1S/C15H17N7O/c1-10-6-14(22-13(19-10)2-4-17-22)20-5-3-12(9-20)21-8-11(7-18-21)15(16)23/h2,4,6-8,12H,3,5,9H2,1H3,(H2,16,23). The fourth-order valence-corrected chi connectivity index (χ4v) is 3.07. The van der Waals surface area contributed by atoms with E-state index in [9.17, 15) is 4.79 Å². The molecule has 4 rings (SSSR count). The van der Waals surface area contributed by atoms with Crippen LogP contribution in [0.4, 0.5) is 5.82 Å². The van der Waals surface area contributed by atoms with Crippen LogP contribution in [0.25, 0.3) is 5.65 Å². The number of rotatable bonds is 3. The van der Waals surface area contributed by atoms with Gasteiger partial charge >= 0.3 is 0 Å². The maximum atomic E-state index is 11.2. The molecule has 4 heterocycles. The quantitative estimate of drug-likeness (QED) is 0.771. The largest absolute Gasteiger partial charge is 0.366 e. The second-order valence-corrected chi connectivity index (χ2v) is 5.82. The Balaban J connectivity index is 1.62. The maximum absolute atomic E-state index is 11.2. The number of hydrogen-bond donors (Lipinski definition) is 1. The summed E-state index contributed by atoms with van der Waals surface area (Å²) in [7, 11) is 0. The Bertz CT molecular complexity index is 881. The molecule has 1 saturated heterocycles. The van der Waals surface area contributed by atoms with Gasteiger partial charge in [0.05, 0.1) is 24.0 Å². The SMILES string of the molecule is Cc1cc(N2CCC(n3cc(C(N)=O)cn3)C2)n2nccc2n1. The molecule has 1 unspecified atom stereocenters. The predicted octanol–water partition coefficient (Wildman–Crippen LogP) is 0.785. The molecular formula is C15H17N7O. The van der Waals surface area contributed by atoms with E-state index in [4.69, 9.17) is 5.73 Å². The summed E-state index contributed by atoms with van der Waals surface area (Å²) in [6.07, 6.45) is 5.95. The molecule has 8 heteroatoms. The average molecular weight is 311 g/mol. The van der Waals surface area contributed by atoms with Crippen LogP contribution in [-0.2, 0) is 0 Å². The summed E-state index contributed by atoms with van der Waals surface area (Å²) < 4.78 is 3.68. The van der Waals surface area contributed by atoms with E-state index in [-0.39, 0.29) is 6.04 Å². The number of aryl methyl sites for hydroxylation is 1. The molecule has 0 aromatic carbocycles. The molecule has 118 valence electrons. The summed E-state index contributed by atoms with van der Waals surface area (Å²) in [5, 5.41) is 8.63. The second-order valence-electron chi connectivity index (χ2n) is 5.82. The molecule has 0 radical (unpaired) electrons. The van der Waals surface area contributed by atoms with Crippen LogP contribution in [0.2, 0.25) is 0 Å². The van der Waals surface area contributed by atoms with Crippen molar-refractivity contribution in [1.29, 1.82) is 0 Å². The van der Waals surface area contributed by atoms with Crippen LogP contribution < -0.4 is 10.6 Å². The molecule has 1 fully saturated rings. The van der Waals surface area contributed by atoms with Crippen LogP contribution in [0.5, 0.6) is 0 Å². The smallest absolute Gasteiger partial charge is 0.251 e. The Labute approximate surface area is 132 Å². The summed E-state index contributed by atoms with van der Waals surface area (Å²) in [6.45, 7) is 3.68. The molecule has 1 aliphatic rings. The number of nitrogens with zero attached hydrogens (tertiary/aromatic N) is 6. The third-order valence-electron chi connectivity index (χ3n) is 4.22. The van der Waals surface area contributed by atoms with E-state index >= 15 is 0 Å². The summed E-state index contributed by atoms with van der Waals surface area (Å²) in [4.78, 5) is 18.0. The van der Waals surface area contributed by atoms with Crippen LogP contribution in [0.1, 0.15) is 28.5 Å². The van der Waals surface area contributed by atoms with Crippen LogP contribution in [0, 0.1) is 6.92 Å². The number of carbonyl (C=O) groups excluding carboxylic acids is 1. The van der Waals surface area contributed by atoms with Gasteiger partial charge in [-0.2, -0.15) is 14.7 Å². The lowest BCUT2D eigenvalue weighted by Crippen LogP contribution is -2.24. The molecule has 3 aromatic rings. The first-order valence-electron chi connectivity index (χ1n) is 7.52.